The van der Waals surface area contributed by atoms with Crippen LogP contribution in [0.2, 0.25) is 0 Å². The van der Waals surface area contributed by atoms with Gasteiger partial charge in [0.1, 0.15) is 18.2 Å². The van der Waals surface area contributed by atoms with Crippen molar-refractivity contribution in [3.05, 3.63) is 89.1 Å². The Balaban J connectivity index is 1.67. The molecule has 1 aromatic heterocycles. The lowest BCUT2D eigenvalue weighted by Crippen LogP contribution is -2.34. The van der Waals surface area contributed by atoms with Gasteiger partial charge in [-0.2, -0.15) is 10.1 Å². The largest absolute Gasteiger partial charge is 0.348 e. The minimum absolute atomic E-state index is 0.209. The van der Waals surface area contributed by atoms with E-state index in [1.165, 1.54) is 18.5 Å². The van der Waals surface area contributed by atoms with Gasteiger partial charge in [-0.15, -0.1) is 0 Å². The van der Waals surface area contributed by atoms with Crippen molar-refractivity contribution < 1.29 is 9.18 Å². The van der Waals surface area contributed by atoms with E-state index >= 15 is 0 Å². The molecule has 27 heavy (non-hydrogen) atoms. The van der Waals surface area contributed by atoms with Crippen LogP contribution in [0.5, 0.6) is 0 Å². The lowest BCUT2D eigenvalue weighted by Gasteiger charge is -2.28. The molecule has 0 aliphatic carbocycles. The predicted molar refractivity (Wildman–Crippen MR) is 99.2 cm³/mol. The van der Waals surface area contributed by atoms with Gasteiger partial charge in [0.05, 0.1) is 5.57 Å². The summed E-state index contributed by atoms with van der Waals surface area (Å²) in [5.74, 6) is 0.00282. The fourth-order valence-electron chi connectivity index (χ4n) is 3.21. The summed E-state index contributed by atoms with van der Waals surface area (Å²) in [6.07, 6.45) is 1.43. The van der Waals surface area contributed by atoms with E-state index in [4.69, 9.17) is 0 Å². The van der Waals surface area contributed by atoms with Crippen LogP contribution in [-0.2, 0) is 11.3 Å². The van der Waals surface area contributed by atoms with Gasteiger partial charge >= 0.3 is 0 Å². The number of hydrogen-bond acceptors (Lipinski definition) is 4. The highest BCUT2D eigenvalue weighted by atomic mass is 19.1. The minimum atomic E-state index is -0.486. The number of nitrogens with one attached hydrogen (secondary N) is 2. The maximum atomic E-state index is 13.4. The van der Waals surface area contributed by atoms with Gasteiger partial charge in [-0.1, -0.05) is 42.5 Å². The molecule has 1 aliphatic heterocycles. The van der Waals surface area contributed by atoms with Gasteiger partial charge in [-0.05, 0) is 30.2 Å². The first-order chi connectivity index (χ1) is 13.1. The molecule has 3 aromatic rings. The quantitative estimate of drug-likeness (QED) is 0.747. The third-order valence-electron chi connectivity index (χ3n) is 4.52. The standard InChI is InChI=1S/C20H18FN5O/c1-13-17(19(27)22-11-14-5-3-2-4-6-14)18(15-7-9-16(21)10-8-15)26-20(25-13)23-12-24-26/h2-10,12,18H,11H2,1H3,(H,22,27)(H,23,24,25)/t18-/m1/s1. The van der Waals surface area contributed by atoms with Crippen molar-refractivity contribution in [3.63, 3.8) is 0 Å². The molecule has 1 amide bonds. The zero-order chi connectivity index (χ0) is 18.8. The normalized spacial score (nSPS) is 15.9. The van der Waals surface area contributed by atoms with E-state index in [-0.39, 0.29) is 11.7 Å². The first kappa shape index (κ1) is 17.0. The van der Waals surface area contributed by atoms with Crippen LogP contribution in [0.1, 0.15) is 24.1 Å². The van der Waals surface area contributed by atoms with Gasteiger partial charge in [0.25, 0.3) is 5.91 Å². The molecule has 2 heterocycles. The van der Waals surface area contributed by atoms with Crippen molar-refractivity contribution in [1.29, 1.82) is 0 Å². The first-order valence-electron chi connectivity index (χ1n) is 8.58. The van der Waals surface area contributed by atoms with Gasteiger partial charge in [-0.3, -0.25) is 4.79 Å². The van der Waals surface area contributed by atoms with E-state index in [0.717, 1.165) is 11.1 Å². The number of carbonyl (C=O) groups is 1. The lowest BCUT2D eigenvalue weighted by molar-refractivity contribution is -0.118. The Morgan fingerprint density at radius 3 is 2.67 bits per heavy atom. The summed E-state index contributed by atoms with van der Waals surface area (Å²) < 4.78 is 15.0. The second kappa shape index (κ2) is 7.03. The molecule has 0 saturated carbocycles. The van der Waals surface area contributed by atoms with Crippen molar-refractivity contribution in [3.8, 4) is 0 Å². The molecule has 0 bridgehead atoms. The number of nitrogens with zero attached hydrogens (tertiary/aromatic N) is 3. The second-order valence-corrected chi connectivity index (χ2v) is 6.31. The summed E-state index contributed by atoms with van der Waals surface area (Å²) >= 11 is 0. The number of rotatable bonds is 4. The van der Waals surface area contributed by atoms with Crippen LogP contribution in [0.3, 0.4) is 0 Å². The zero-order valence-corrected chi connectivity index (χ0v) is 14.7. The van der Waals surface area contributed by atoms with Gasteiger partial charge in [0.2, 0.25) is 5.95 Å². The van der Waals surface area contributed by atoms with E-state index in [0.29, 0.717) is 23.8 Å². The molecule has 0 radical (unpaired) electrons. The number of halogens is 1. The molecular formula is C20H18FN5O. The minimum Gasteiger partial charge on any atom is -0.348 e. The molecule has 0 saturated heterocycles. The summed E-state index contributed by atoms with van der Waals surface area (Å²) in [7, 11) is 0. The second-order valence-electron chi connectivity index (χ2n) is 6.31. The monoisotopic (exact) mass is 363 g/mol. The highest BCUT2D eigenvalue weighted by Gasteiger charge is 2.33. The first-order valence-corrected chi connectivity index (χ1v) is 8.58. The number of amides is 1. The smallest absolute Gasteiger partial charge is 0.251 e. The Kier molecular flexibility index (Phi) is 4.42. The molecule has 0 unspecified atom stereocenters. The van der Waals surface area contributed by atoms with Crippen LogP contribution in [-0.4, -0.2) is 20.7 Å². The number of fused-ring (bicyclic) bond motifs is 1. The zero-order valence-electron chi connectivity index (χ0n) is 14.7. The summed E-state index contributed by atoms with van der Waals surface area (Å²) in [6, 6.07) is 15.3. The average Bonchev–Trinajstić information content (AvgIpc) is 3.14. The Bertz CT molecular complexity index is 995. The highest BCUT2D eigenvalue weighted by Crippen LogP contribution is 2.34. The molecule has 7 heteroatoms. The molecule has 6 nitrogen and oxygen atoms in total. The van der Waals surface area contributed by atoms with Gasteiger partial charge < -0.3 is 10.6 Å². The molecule has 2 N–H and O–H groups in total. The van der Waals surface area contributed by atoms with Crippen LogP contribution in [0.4, 0.5) is 10.3 Å². The maximum Gasteiger partial charge on any atom is 0.251 e. The van der Waals surface area contributed by atoms with E-state index in [1.807, 2.05) is 37.3 Å². The summed E-state index contributed by atoms with van der Waals surface area (Å²) in [5.41, 5.74) is 2.98. The Hall–Kier alpha value is -3.48. The van der Waals surface area contributed by atoms with E-state index < -0.39 is 6.04 Å². The summed E-state index contributed by atoms with van der Waals surface area (Å²) in [5, 5.41) is 10.3. The van der Waals surface area contributed by atoms with Gasteiger partial charge in [0.15, 0.2) is 0 Å². The van der Waals surface area contributed by atoms with E-state index in [1.54, 1.807) is 16.8 Å². The van der Waals surface area contributed by atoms with Crippen molar-refractivity contribution in [1.82, 2.24) is 20.1 Å². The number of aromatic nitrogens is 3. The van der Waals surface area contributed by atoms with Crippen LogP contribution in [0.15, 0.2) is 72.2 Å². The van der Waals surface area contributed by atoms with E-state index in [9.17, 15) is 9.18 Å². The Labute approximate surface area is 155 Å². The van der Waals surface area contributed by atoms with E-state index in [2.05, 4.69) is 20.7 Å². The molecule has 136 valence electrons. The molecule has 2 aromatic carbocycles. The molecular weight excluding hydrogens is 345 g/mol. The van der Waals surface area contributed by atoms with Crippen LogP contribution < -0.4 is 10.6 Å². The van der Waals surface area contributed by atoms with Crippen molar-refractivity contribution in [2.45, 2.75) is 19.5 Å². The third-order valence-corrected chi connectivity index (χ3v) is 4.52. The SMILES string of the molecule is CC1=C(C(=O)NCc2ccccc2)[C@@H](c2ccc(F)cc2)n2ncnc2N1. The van der Waals surface area contributed by atoms with Gasteiger partial charge in [-0.25, -0.2) is 9.07 Å². The molecule has 1 aliphatic rings. The number of benzene rings is 2. The Morgan fingerprint density at radius 2 is 1.93 bits per heavy atom. The highest BCUT2D eigenvalue weighted by molar-refractivity contribution is 5.96. The fraction of sp³-hybridized carbons (Fsp3) is 0.150. The summed E-state index contributed by atoms with van der Waals surface area (Å²) in [6.45, 7) is 2.24. The molecule has 1 atom stereocenters. The van der Waals surface area contributed by atoms with Crippen LogP contribution >= 0.6 is 0 Å². The maximum absolute atomic E-state index is 13.4. The molecule has 0 spiro atoms. The third kappa shape index (κ3) is 3.31. The topological polar surface area (TPSA) is 71.8 Å². The number of carbonyl (C=O) groups excluding carboxylic acids is 1. The van der Waals surface area contributed by atoms with Crippen LogP contribution in [0.25, 0.3) is 0 Å². The summed E-state index contributed by atoms with van der Waals surface area (Å²) in [4.78, 5) is 17.2. The molecule has 4 rings (SSSR count). The number of hydrogen-bond donors (Lipinski definition) is 2. The molecule has 0 fully saturated rings. The lowest BCUT2D eigenvalue weighted by atomic mass is 9.95. The van der Waals surface area contributed by atoms with Crippen molar-refractivity contribution in [2.24, 2.45) is 0 Å². The Morgan fingerprint density at radius 1 is 1.19 bits per heavy atom. The predicted octanol–water partition coefficient (Wildman–Crippen LogP) is 3.02. The number of allylic oxidation sites excluding steroid dienone is 1. The fourth-order valence-corrected chi connectivity index (χ4v) is 3.21. The van der Waals surface area contributed by atoms with Crippen LogP contribution in [0, 0.1) is 5.82 Å². The van der Waals surface area contributed by atoms with Crippen molar-refractivity contribution >= 4 is 11.9 Å². The van der Waals surface area contributed by atoms with Gasteiger partial charge in [0, 0.05) is 12.2 Å². The van der Waals surface area contributed by atoms with Crippen molar-refractivity contribution in [2.75, 3.05) is 5.32 Å². The number of anilines is 1. The average molecular weight is 363 g/mol.